The van der Waals surface area contributed by atoms with Gasteiger partial charge in [0.25, 0.3) is 0 Å². The standard InChI is InChI=1S/C23H48O3/c1-4-6-8-10-12-14-16-18-20-25-22-23(24-3)26-21-19-17-15-13-11-9-7-5-2/h23H,4-22H2,1-3H3. The summed E-state index contributed by atoms with van der Waals surface area (Å²) in [5.74, 6) is 0. The summed E-state index contributed by atoms with van der Waals surface area (Å²) in [5, 5.41) is 0. The molecule has 1 unspecified atom stereocenters. The minimum atomic E-state index is -0.200. The second-order valence-electron chi connectivity index (χ2n) is 7.56. The topological polar surface area (TPSA) is 27.7 Å². The molecule has 0 saturated carbocycles. The van der Waals surface area contributed by atoms with Crippen LogP contribution in [0.1, 0.15) is 117 Å². The normalized spacial score (nSPS) is 12.6. The van der Waals surface area contributed by atoms with Crippen molar-refractivity contribution in [1.29, 1.82) is 0 Å². The number of hydrogen-bond acceptors (Lipinski definition) is 3. The Balaban J connectivity index is 3.28. The van der Waals surface area contributed by atoms with Gasteiger partial charge in [-0.3, -0.25) is 0 Å². The summed E-state index contributed by atoms with van der Waals surface area (Å²) in [5.41, 5.74) is 0. The molecule has 0 aromatic heterocycles. The molecule has 3 heteroatoms. The molecule has 0 aliphatic rings. The van der Waals surface area contributed by atoms with E-state index >= 15 is 0 Å². The van der Waals surface area contributed by atoms with Gasteiger partial charge in [0.2, 0.25) is 0 Å². The van der Waals surface area contributed by atoms with E-state index in [-0.39, 0.29) is 6.29 Å². The van der Waals surface area contributed by atoms with Crippen molar-refractivity contribution in [2.45, 2.75) is 123 Å². The molecule has 0 radical (unpaired) electrons. The van der Waals surface area contributed by atoms with Crippen LogP contribution in [-0.2, 0) is 14.2 Å². The van der Waals surface area contributed by atoms with Crippen molar-refractivity contribution in [1.82, 2.24) is 0 Å². The first-order valence-corrected chi connectivity index (χ1v) is 11.6. The molecule has 0 N–H and O–H groups in total. The molecule has 0 spiro atoms. The van der Waals surface area contributed by atoms with Gasteiger partial charge in [-0.15, -0.1) is 0 Å². The van der Waals surface area contributed by atoms with Gasteiger partial charge >= 0.3 is 0 Å². The van der Waals surface area contributed by atoms with Crippen LogP contribution in [0.15, 0.2) is 0 Å². The van der Waals surface area contributed by atoms with Crippen molar-refractivity contribution in [2.24, 2.45) is 0 Å². The van der Waals surface area contributed by atoms with Crippen LogP contribution in [0.2, 0.25) is 0 Å². The first kappa shape index (κ1) is 25.9. The van der Waals surface area contributed by atoms with Gasteiger partial charge in [-0.2, -0.15) is 0 Å². The van der Waals surface area contributed by atoms with E-state index in [1.807, 2.05) is 0 Å². The molecule has 0 heterocycles. The molecular weight excluding hydrogens is 324 g/mol. The van der Waals surface area contributed by atoms with Crippen LogP contribution in [0.25, 0.3) is 0 Å². The van der Waals surface area contributed by atoms with Crippen molar-refractivity contribution in [2.75, 3.05) is 26.9 Å². The third-order valence-electron chi connectivity index (χ3n) is 4.96. The summed E-state index contributed by atoms with van der Waals surface area (Å²) in [7, 11) is 1.71. The molecule has 158 valence electrons. The van der Waals surface area contributed by atoms with Gasteiger partial charge in [0.05, 0.1) is 6.61 Å². The first-order chi connectivity index (χ1) is 12.8. The fraction of sp³-hybridized carbons (Fsp3) is 1.00. The van der Waals surface area contributed by atoms with Crippen molar-refractivity contribution < 1.29 is 14.2 Å². The van der Waals surface area contributed by atoms with Crippen molar-refractivity contribution in [3.05, 3.63) is 0 Å². The largest absolute Gasteiger partial charge is 0.376 e. The van der Waals surface area contributed by atoms with E-state index in [1.165, 1.54) is 89.9 Å². The zero-order valence-electron chi connectivity index (χ0n) is 18.2. The van der Waals surface area contributed by atoms with Gasteiger partial charge in [-0.1, -0.05) is 104 Å². The van der Waals surface area contributed by atoms with Crippen LogP contribution in [0.4, 0.5) is 0 Å². The van der Waals surface area contributed by atoms with Crippen LogP contribution in [-0.4, -0.2) is 33.2 Å². The van der Waals surface area contributed by atoms with Gasteiger partial charge in [0.1, 0.15) is 0 Å². The maximum atomic E-state index is 5.77. The lowest BCUT2D eigenvalue weighted by atomic mass is 10.1. The molecule has 0 saturated heterocycles. The first-order valence-electron chi connectivity index (χ1n) is 11.6. The molecule has 0 rings (SSSR count). The number of rotatable bonds is 22. The number of methoxy groups -OCH3 is 1. The number of ether oxygens (including phenoxy) is 3. The molecule has 26 heavy (non-hydrogen) atoms. The summed E-state index contributed by atoms with van der Waals surface area (Å²) in [6.07, 6.45) is 21.1. The summed E-state index contributed by atoms with van der Waals surface area (Å²) >= 11 is 0. The lowest BCUT2D eigenvalue weighted by Crippen LogP contribution is -2.22. The highest BCUT2D eigenvalue weighted by atomic mass is 16.7. The Labute approximate surface area is 164 Å². The SMILES string of the molecule is CCCCCCCCCCOCC(OC)OCCCCCCCCCC. The van der Waals surface area contributed by atoms with Crippen LogP contribution in [0, 0.1) is 0 Å². The molecule has 0 amide bonds. The highest BCUT2D eigenvalue weighted by Crippen LogP contribution is 2.10. The average molecular weight is 373 g/mol. The van der Waals surface area contributed by atoms with Crippen LogP contribution >= 0.6 is 0 Å². The van der Waals surface area contributed by atoms with E-state index in [9.17, 15) is 0 Å². The maximum Gasteiger partial charge on any atom is 0.180 e. The van der Waals surface area contributed by atoms with Crippen molar-refractivity contribution in [3.63, 3.8) is 0 Å². The lowest BCUT2D eigenvalue weighted by Gasteiger charge is -2.16. The molecule has 1 atom stereocenters. The predicted molar refractivity (Wildman–Crippen MR) is 113 cm³/mol. The van der Waals surface area contributed by atoms with E-state index in [0.29, 0.717) is 6.61 Å². The van der Waals surface area contributed by atoms with Crippen molar-refractivity contribution in [3.8, 4) is 0 Å². The van der Waals surface area contributed by atoms with Crippen LogP contribution < -0.4 is 0 Å². The second-order valence-corrected chi connectivity index (χ2v) is 7.56. The zero-order chi connectivity index (χ0) is 19.1. The summed E-state index contributed by atoms with van der Waals surface area (Å²) < 4.78 is 16.8. The maximum absolute atomic E-state index is 5.77. The summed E-state index contributed by atoms with van der Waals surface area (Å²) in [6, 6.07) is 0. The summed E-state index contributed by atoms with van der Waals surface area (Å²) in [4.78, 5) is 0. The van der Waals surface area contributed by atoms with E-state index in [0.717, 1.165) is 26.1 Å². The summed E-state index contributed by atoms with van der Waals surface area (Å²) in [6.45, 7) is 6.71. The molecule has 0 bridgehead atoms. The lowest BCUT2D eigenvalue weighted by molar-refractivity contribution is -0.157. The Bertz CT molecular complexity index is 246. The van der Waals surface area contributed by atoms with Gasteiger partial charge < -0.3 is 14.2 Å². The molecule has 0 aromatic rings. The molecule has 3 nitrogen and oxygen atoms in total. The van der Waals surface area contributed by atoms with Gasteiger partial charge in [0, 0.05) is 20.3 Å². The van der Waals surface area contributed by atoms with E-state index < -0.39 is 0 Å². The monoisotopic (exact) mass is 372 g/mol. The highest BCUT2D eigenvalue weighted by Gasteiger charge is 2.07. The molecule has 0 aliphatic heterocycles. The Morgan fingerprint density at radius 1 is 0.538 bits per heavy atom. The third-order valence-corrected chi connectivity index (χ3v) is 4.96. The molecular formula is C23H48O3. The fourth-order valence-electron chi connectivity index (χ4n) is 3.15. The van der Waals surface area contributed by atoms with Gasteiger partial charge in [0.15, 0.2) is 6.29 Å². The highest BCUT2D eigenvalue weighted by molar-refractivity contribution is 4.49. The Morgan fingerprint density at radius 2 is 0.962 bits per heavy atom. The van der Waals surface area contributed by atoms with Gasteiger partial charge in [-0.05, 0) is 12.8 Å². The zero-order valence-corrected chi connectivity index (χ0v) is 18.2. The van der Waals surface area contributed by atoms with E-state index in [4.69, 9.17) is 14.2 Å². The third kappa shape index (κ3) is 20.2. The Kier molecular flexibility index (Phi) is 22.8. The number of unbranched alkanes of at least 4 members (excludes halogenated alkanes) is 14. The van der Waals surface area contributed by atoms with Gasteiger partial charge in [-0.25, -0.2) is 0 Å². The average Bonchev–Trinajstić information content (AvgIpc) is 2.66. The molecule has 0 aliphatic carbocycles. The fourth-order valence-corrected chi connectivity index (χ4v) is 3.15. The Hall–Kier alpha value is -0.120. The second kappa shape index (κ2) is 22.9. The van der Waals surface area contributed by atoms with Crippen LogP contribution in [0.5, 0.6) is 0 Å². The molecule has 0 aromatic carbocycles. The van der Waals surface area contributed by atoms with Crippen molar-refractivity contribution >= 4 is 0 Å². The number of hydrogen-bond donors (Lipinski definition) is 0. The van der Waals surface area contributed by atoms with E-state index in [2.05, 4.69) is 13.8 Å². The molecule has 0 fully saturated rings. The smallest absolute Gasteiger partial charge is 0.180 e. The Morgan fingerprint density at radius 3 is 1.42 bits per heavy atom. The van der Waals surface area contributed by atoms with E-state index in [1.54, 1.807) is 7.11 Å². The minimum absolute atomic E-state index is 0.200. The quantitative estimate of drug-likeness (QED) is 0.148. The van der Waals surface area contributed by atoms with Crippen LogP contribution in [0.3, 0.4) is 0 Å². The predicted octanol–water partition coefficient (Wildman–Crippen LogP) is 7.27. The minimum Gasteiger partial charge on any atom is -0.376 e.